The van der Waals surface area contributed by atoms with E-state index in [0.29, 0.717) is 0 Å². The van der Waals surface area contributed by atoms with E-state index < -0.39 is 0 Å². The normalized spacial score (nSPS) is 7.33. The molecule has 50 valence electrons. The van der Waals surface area contributed by atoms with Crippen LogP contribution in [-0.2, 0) is 21.6 Å². The molecule has 0 atom stereocenters. The van der Waals surface area contributed by atoms with E-state index in [2.05, 4.69) is 60.9 Å². The number of hydrogen-bond donors (Lipinski definition) is 0. The zero-order valence-electron chi connectivity index (χ0n) is 2.11. The number of rotatable bonds is 0. The van der Waals surface area contributed by atoms with E-state index in [1.807, 2.05) is 0 Å². The molecule has 0 aromatic heterocycles. The topological polar surface area (TPSA) is 0 Å². The Hall–Kier alpha value is 3.08. The molecule has 0 fully saturated rings. The van der Waals surface area contributed by atoms with Gasteiger partial charge < -0.3 is 0 Å². The monoisotopic (exact) mass is 450 g/mol. The average Bonchev–Trinajstić information content (AvgIpc) is 1.39. The summed E-state index contributed by atoms with van der Waals surface area (Å²) >= 11 is 5.12. The van der Waals surface area contributed by atoms with Crippen LogP contribution in [-0.4, -0.2) is 0 Å². The van der Waals surface area contributed by atoms with Crippen molar-refractivity contribution < 1.29 is 21.6 Å². The number of hydrogen-bond acceptors (Lipinski definition) is 0. The molecule has 0 heterocycles. The van der Waals surface area contributed by atoms with Crippen LogP contribution in [0.25, 0.3) is 0 Å². The molecule has 0 aromatic carbocycles. The van der Waals surface area contributed by atoms with Gasteiger partial charge in [0.2, 0.25) is 0 Å². The summed E-state index contributed by atoms with van der Waals surface area (Å²) < 4.78 is 0. The summed E-state index contributed by atoms with van der Waals surface area (Å²) in [6.45, 7) is 0. The molecule has 0 spiro atoms. The molecule has 0 nitrogen and oxygen atoms in total. The molecule has 0 unspecified atom stereocenters. The van der Waals surface area contributed by atoms with Crippen LogP contribution < -0.4 is 0 Å². The first kappa shape index (κ1) is 11.8. The summed E-state index contributed by atoms with van der Waals surface area (Å²) in [7, 11) is 11.1. The van der Waals surface area contributed by atoms with Crippen LogP contribution in [0.1, 0.15) is 0 Å². The van der Waals surface area contributed by atoms with E-state index in [-0.39, 0.29) is 0 Å². The summed E-state index contributed by atoms with van der Waals surface area (Å²) in [6.07, 6.45) is 0. The molecule has 0 saturated carbocycles. The molecular formula is Cl2Cu2I2. The van der Waals surface area contributed by atoms with Crippen LogP contribution in [0.15, 0.2) is 0 Å². The van der Waals surface area contributed by atoms with Crippen LogP contribution >= 0.6 is 60.9 Å². The van der Waals surface area contributed by atoms with Crippen molar-refractivity contribution in [2.75, 3.05) is 0 Å². The third-order valence-corrected chi connectivity index (χ3v) is 0. The third-order valence-electron chi connectivity index (χ3n) is 0. The van der Waals surface area contributed by atoms with Crippen LogP contribution in [0.4, 0.5) is 0 Å². The predicted octanol–water partition coefficient (Wildman–Crippen LogP) is 3.15. The van der Waals surface area contributed by atoms with E-state index >= 15 is 0 Å². The van der Waals surface area contributed by atoms with Gasteiger partial charge in [-0.15, -0.1) is 0 Å². The van der Waals surface area contributed by atoms with Gasteiger partial charge in [0.15, 0.2) is 0 Å². The van der Waals surface area contributed by atoms with E-state index in [1.54, 1.807) is 8.46 Å². The van der Waals surface area contributed by atoms with Gasteiger partial charge >= 0.3 is 82.5 Å². The molecule has 0 bridgehead atoms. The Kier molecular flexibility index (Phi) is 30.9. The van der Waals surface area contributed by atoms with Crippen LogP contribution in [0.3, 0.4) is 0 Å². The van der Waals surface area contributed by atoms with Gasteiger partial charge in [-0.1, -0.05) is 0 Å². The first-order valence-corrected chi connectivity index (χ1v) is 9.12. The van der Waals surface area contributed by atoms with E-state index in [0.717, 1.165) is 13.1 Å². The summed E-state index contributed by atoms with van der Waals surface area (Å²) in [5.74, 6) is 0. The van der Waals surface area contributed by atoms with Gasteiger partial charge in [0.25, 0.3) is 0 Å². The molecule has 0 aliphatic heterocycles. The van der Waals surface area contributed by atoms with E-state index in [9.17, 15) is 0 Å². The Bertz CT molecular complexity index is 11.5. The molecule has 0 rings (SSSR count). The molecule has 0 radical (unpaired) electrons. The third kappa shape index (κ3) is 27.6. The fourth-order valence-electron chi connectivity index (χ4n) is 0. The second kappa shape index (κ2) is 15.7. The quantitative estimate of drug-likeness (QED) is 0.392. The Morgan fingerprint density at radius 2 is 1.17 bits per heavy atom. The van der Waals surface area contributed by atoms with Gasteiger partial charge in [0, 0.05) is 0 Å². The van der Waals surface area contributed by atoms with Gasteiger partial charge in [-0.05, 0) is 0 Å². The minimum absolute atomic E-state index is 0.757. The zero-order valence-corrected chi connectivity index (χ0v) is 9.83. The van der Waals surface area contributed by atoms with Crippen molar-refractivity contribution in [1.82, 2.24) is 0 Å². The van der Waals surface area contributed by atoms with Crippen molar-refractivity contribution in [2.45, 2.75) is 0 Å². The molecule has 0 aromatic rings. The molecule has 0 aliphatic carbocycles. The Morgan fingerprint density at radius 1 is 1.17 bits per heavy atom. The van der Waals surface area contributed by atoms with Crippen molar-refractivity contribution in [3.63, 3.8) is 0 Å². The summed E-state index contributed by atoms with van der Waals surface area (Å²) in [6, 6.07) is 0. The van der Waals surface area contributed by atoms with Gasteiger partial charge in [0.05, 0.1) is 0 Å². The van der Waals surface area contributed by atoms with Crippen LogP contribution in [0.5, 0.6) is 0 Å². The fraction of sp³-hybridized carbons (Fsp3) is 0. The van der Waals surface area contributed by atoms with Gasteiger partial charge in [-0.3, -0.25) is 0 Å². The van der Waals surface area contributed by atoms with E-state index in [1.165, 1.54) is 0 Å². The van der Waals surface area contributed by atoms with Crippen molar-refractivity contribution in [3.8, 4) is 0 Å². The number of halogens is 4. The molecule has 0 aliphatic rings. The Morgan fingerprint density at radius 3 is 1.17 bits per heavy atom. The summed E-state index contributed by atoms with van der Waals surface area (Å²) in [5.41, 5.74) is 0. The van der Waals surface area contributed by atoms with Gasteiger partial charge in [-0.25, -0.2) is 0 Å². The molecule has 0 saturated heterocycles. The van der Waals surface area contributed by atoms with Crippen LogP contribution in [0, 0.1) is 0 Å². The predicted molar refractivity (Wildman–Crippen MR) is 39.7 cm³/mol. The second-order valence-electron chi connectivity index (χ2n) is 0.0861. The maximum absolute atomic E-state index is 4.67. The first-order valence-electron chi connectivity index (χ1n) is 0.456. The fourth-order valence-corrected chi connectivity index (χ4v) is 0. The van der Waals surface area contributed by atoms with Crippen molar-refractivity contribution >= 4 is 60.9 Å². The van der Waals surface area contributed by atoms with Crippen molar-refractivity contribution in [3.05, 3.63) is 0 Å². The Labute approximate surface area is 80.7 Å². The van der Waals surface area contributed by atoms with Crippen LogP contribution in [0.2, 0.25) is 0 Å². The SMILES string of the molecule is [Cl][Cu][Cl].[I][Cu][I]. The van der Waals surface area contributed by atoms with Crippen molar-refractivity contribution in [1.29, 1.82) is 0 Å². The van der Waals surface area contributed by atoms with Gasteiger partial charge in [0.1, 0.15) is 0 Å². The van der Waals surface area contributed by atoms with E-state index in [4.69, 9.17) is 0 Å². The van der Waals surface area contributed by atoms with Gasteiger partial charge in [-0.2, -0.15) is 0 Å². The molecular weight excluding hydrogens is 452 g/mol. The molecule has 6 heavy (non-hydrogen) atoms. The average molecular weight is 452 g/mol. The minimum atomic E-state index is 0.757. The summed E-state index contributed by atoms with van der Waals surface area (Å²) in [4.78, 5) is 0. The van der Waals surface area contributed by atoms with Crippen molar-refractivity contribution in [2.24, 2.45) is 0 Å². The Balaban J connectivity index is 0. The second-order valence-corrected chi connectivity index (χ2v) is 9.59. The maximum atomic E-state index is 4.67. The zero-order chi connectivity index (χ0) is 5.41. The first-order chi connectivity index (χ1) is 2.83. The molecule has 0 amide bonds. The molecule has 0 N–H and O–H groups in total. The summed E-state index contributed by atoms with van der Waals surface area (Å²) in [5, 5.41) is 0. The molecule has 6 heteroatoms. The standard InChI is InChI=1S/2ClH.2Cu.2HI/h2*1H;;;2*1H/q;;2*+2;;/p-4.